The molecule has 1 heterocycles. The molecule has 114 valence electrons. The van der Waals surface area contributed by atoms with E-state index in [1.165, 1.54) is 12.1 Å². The van der Waals surface area contributed by atoms with Crippen LogP contribution in [0.2, 0.25) is 0 Å². The van der Waals surface area contributed by atoms with Crippen LogP contribution >= 0.6 is 0 Å². The Bertz CT molecular complexity index is 658. The maximum Gasteiger partial charge on any atom is 0.242 e. The highest BCUT2D eigenvalue weighted by atomic mass is 19.1. The van der Waals surface area contributed by atoms with Crippen molar-refractivity contribution in [3.05, 3.63) is 65.5 Å². The van der Waals surface area contributed by atoms with Crippen LogP contribution < -0.4 is 15.4 Å². The number of benzene rings is 2. The molecule has 2 aromatic rings. The van der Waals surface area contributed by atoms with Gasteiger partial charge in [-0.05, 0) is 23.8 Å². The highest BCUT2D eigenvalue weighted by Gasteiger charge is 2.25. The minimum Gasteiger partial charge on any atom is -0.492 e. The minimum atomic E-state index is -0.445. The predicted molar refractivity (Wildman–Crippen MR) is 80.9 cm³/mol. The van der Waals surface area contributed by atoms with Crippen LogP contribution in [0.3, 0.4) is 0 Å². The smallest absolute Gasteiger partial charge is 0.242 e. The number of hydrogen-bond donors (Lipinski definition) is 2. The minimum absolute atomic E-state index is 0.123. The molecule has 2 aromatic carbocycles. The van der Waals surface area contributed by atoms with Crippen LogP contribution in [0, 0.1) is 5.82 Å². The van der Waals surface area contributed by atoms with Gasteiger partial charge in [-0.25, -0.2) is 4.39 Å². The van der Waals surface area contributed by atoms with Gasteiger partial charge in [-0.1, -0.05) is 30.3 Å². The van der Waals surface area contributed by atoms with E-state index in [-0.39, 0.29) is 11.7 Å². The number of ether oxygens (including phenoxy) is 1. The van der Waals surface area contributed by atoms with Gasteiger partial charge in [0.15, 0.2) is 0 Å². The van der Waals surface area contributed by atoms with E-state index in [1.807, 2.05) is 24.3 Å². The molecule has 0 bridgehead atoms. The maximum absolute atomic E-state index is 12.9. The van der Waals surface area contributed by atoms with E-state index in [1.54, 1.807) is 12.1 Å². The van der Waals surface area contributed by atoms with Crippen LogP contribution in [0.25, 0.3) is 0 Å². The third-order valence-electron chi connectivity index (χ3n) is 3.58. The number of nitrogens with one attached hydrogen (secondary N) is 2. The molecular weight excluding hydrogens is 283 g/mol. The maximum atomic E-state index is 12.9. The summed E-state index contributed by atoms with van der Waals surface area (Å²) < 4.78 is 18.5. The molecule has 1 aliphatic heterocycles. The quantitative estimate of drug-likeness (QED) is 0.913. The van der Waals surface area contributed by atoms with E-state index in [0.29, 0.717) is 19.7 Å². The molecule has 0 aliphatic carbocycles. The van der Waals surface area contributed by atoms with Gasteiger partial charge in [-0.2, -0.15) is 0 Å². The first-order valence-electron chi connectivity index (χ1n) is 7.21. The van der Waals surface area contributed by atoms with Crippen molar-refractivity contribution in [3.8, 4) is 5.75 Å². The topological polar surface area (TPSA) is 50.4 Å². The van der Waals surface area contributed by atoms with Gasteiger partial charge in [-0.3, -0.25) is 10.1 Å². The average molecular weight is 300 g/mol. The summed E-state index contributed by atoms with van der Waals surface area (Å²) in [6, 6.07) is 13.2. The SMILES string of the molecule is O=C(NCc1ccc(F)cc1)[C@H]1NCCOc2ccccc21. The second-order valence-corrected chi connectivity index (χ2v) is 5.12. The fraction of sp³-hybridized carbons (Fsp3) is 0.235. The lowest BCUT2D eigenvalue weighted by molar-refractivity contribution is -0.123. The van der Waals surface area contributed by atoms with E-state index >= 15 is 0 Å². The summed E-state index contributed by atoms with van der Waals surface area (Å²) in [7, 11) is 0. The summed E-state index contributed by atoms with van der Waals surface area (Å²) in [5.41, 5.74) is 1.68. The Morgan fingerprint density at radius 1 is 1.23 bits per heavy atom. The van der Waals surface area contributed by atoms with Crippen LogP contribution in [0.15, 0.2) is 48.5 Å². The molecule has 0 fully saturated rings. The first kappa shape index (κ1) is 14.5. The molecule has 1 aliphatic rings. The molecule has 3 rings (SSSR count). The van der Waals surface area contributed by atoms with Crippen LogP contribution in [0.5, 0.6) is 5.75 Å². The molecule has 0 saturated carbocycles. The Hall–Kier alpha value is -2.40. The Labute approximate surface area is 128 Å². The molecule has 2 N–H and O–H groups in total. The lowest BCUT2D eigenvalue weighted by atomic mass is 10.0. The van der Waals surface area contributed by atoms with Crippen molar-refractivity contribution in [1.29, 1.82) is 0 Å². The third-order valence-corrected chi connectivity index (χ3v) is 3.58. The summed E-state index contributed by atoms with van der Waals surface area (Å²) in [5, 5.41) is 6.06. The van der Waals surface area contributed by atoms with E-state index in [9.17, 15) is 9.18 Å². The zero-order valence-electron chi connectivity index (χ0n) is 12.0. The number of carbonyl (C=O) groups excluding carboxylic acids is 1. The number of fused-ring (bicyclic) bond motifs is 1. The monoisotopic (exact) mass is 300 g/mol. The Kier molecular flexibility index (Phi) is 4.34. The van der Waals surface area contributed by atoms with Crippen molar-refractivity contribution in [2.24, 2.45) is 0 Å². The summed E-state index contributed by atoms with van der Waals surface area (Å²) in [5.74, 6) is 0.322. The van der Waals surface area contributed by atoms with Crippen molar-refractivity contribution >= 4 is 5.91 Å². The molecule has 22 heavy (non-hydrogen) atoms. The van der Waals surface area contributed by atoms with Crippen molar-refractivity contribution in [2.45, 2.75) is 12.6 Å². The van der Waals surface area contributed by atoms with Gasteiger partial charge in [0.05, 0.1) is 0 Å². The molecule has 0 radical (unpaired) electrons. The average Bonchev–Trinajstić information content (AvgIpc) is 2.76. The lowest BCUT2D eigenvalue weighted by Gasteiger charge is -2.17. The van der Waals surface area contributed by atoms with E-state index in [0.717, 1.165) is 16.9 Å². The van der Waals surface area contributed by atoms with Crippen LogP contribution in [0.1, 0.15) is 17.2 Å². The van der Waals surface area contributed by atoms with Gasteiger partial charge >= 0.3 is 0 Å². The summed E-state index contributed by atoms with van der Waals surface area (Å²) in [6.45, 7) is 1.49. The third kappa shape index (κ3) is 3.26. The first-order chi connectivity index (χ1) is 10.7. The molecule has 5 heteroatoms. The highest BCUT2D eigenvalue weighted by Crippen LogP contribution is 2.27. The van der Waals surface area contributed by atoms with Crippen molar-refractivity contribution < 1.29 is 13.9 Å². The molecule has 0 aromatic heterocycles. The van der Waals surface area contributed by atoms with E-state index in [4.69, 9.17) is 4.74 Å². The molecule has 0 saturated heterocycles. The number of halogens is 1. The van der Waals surface area contributed by atoms with Gasteiger partial charge in [0.25, 0.3) is 0 Å². The van der Waals surface area contributed by atoms with Gasteiger partial charge in [0.1, 0.15) is 24.2 Å². The summed E-state index contributed by atoms with van der Waals surface area (Å²) in [4.78, 5) is 12.5. The number of para-hydroxylation sites is 1. The van der Waals surface area contributed by atoms with Gasteiger partial charge in [0.2, 0.25) is 5.91 Å². The predicted octanol–water partition coefficient (Wildman–Crippen LogP) is 2.17. The first-order valence-corrected chi connectivity index (χ1v) is 7.21. The van der Waals surface area contributed by atoms with Gasteiger partial charge in [0, 0.05) is 18.7 Å². The van der Waals surface area contributed by atoms with Gasteiger partial charge < -0.3 is 10.1 Å². The summed E-state index contributed by atoms with van der Waals surface area (Å²) >= 11 is 0. The Morgan fingerprint density at radius 3 is 2.82 bits per heavy atom. The number of hydrogen-bond acceptors (Lipinski definition) is 3. The molecule has 0 spiro atoms. The number of rotatable bonds is 3. The van der Waals surface area contributed by atoms with E-state index < -0.39 is 6.04 Å². The fourth-order valence-electron chi connectivity index (χ4n) is 2.45. The van der Waals surface area contributed by atoms with Crippen LogP contribution in [-0.4, -0.2) is 19.1 Å². The normalized spacial score (nSPS) is 17.0. The molecular formula is C17H17FN2O2. The Balaban J connectivity index is 1.70. The zero-order chi connectivity index (χ0) is 15.4. The molecule has 1 amide bonds. The number of amides is 1. The summed E-state index contributed by atoms with van der Waals surface area (Å²) in [6.07, 6.45) is 0. The zero-order valence-corrected chi connectivity index (χ0v) is 12.0. The number of carbonyl (C=O) groups is 1. The second kappa shape index (κ2) is 6.58. The highest BCUT2D eigenvalue weighted by molar-refractivity contribution is 5.84. The van der Waals surface area contributed by atoms with Crippen LogP contribution in [-0.2, 0) is 11.3 Å². The molecule has 0 unspecified atom stereocenters. The van der Waals surface area contributed by atoms with E-state index in [2.05, 4.69) is 10.6 Å². The standard InChI is InChI=1S/C17H17FN2O2/c18-13-7-5-12(6-8-13)11-20-17(21)16-14-3-1-2-4-15(14)22-10-9-19-16/h1-8,16,19H,9-11H2,(H,20,21)/t16-/m0/s1. The van der Waals surface area contributed by atoms with Gasteiger partial charge in [-0.15, -0.1) is 0 Å². The van der Waals surface area contributed by atoms with Crippen LogP contribution in [0.4, 0.5) is 4.39 Å². The Morgan fingerprint density at radius 2 is 2.00 bits per heavy atom. The largest absolute Gasteiger partial charge is 0.492 e. The van der Waals surface area contributed by atoms with Crippen molar-refractivity contribution in [3.63, 3.8) is 0 Å². The second-order valence-electron chi connectivity index (χ2n) is 5.12. The lowest BCUT2D eigenvalue weighted by Crippen LogP contribution is -2.37. The molecule has 1 atom stereocenters. The fourth-order valence-corrected chi connectivity index (χ4v) is 2.45. The van der Waals surface area contributed by atoms with Crippen molar-refractivity contribution in [1.82, 2.24) is 10.6 Å². The van der Waals surface area contributed by atoms with Crippen molar-refractivity contribution in [2.75, 3.05) is 13.2 Å². The molecule has 4 nitrogen and oxygen atoms in total.